The van der Waals surface area contributed by atoms with E-state index in [4.69, 9.17) is 15.2 Å². The molecule has 0 heterocycles. The lowest BCUT2D eigenvalue weighted by atomic mass is 10.0. The summed E-state index contributed by atoms with van der Waals surface area (Å²) in [7, 11) is 3.16. The number of benzene rings is 2. The highest BCUT2D eigenvalue weighted by atomic mass is 19.1. The van der Waals surface area contributed by atoms with Crippen molar-refractivity contribution < 1.29 is 13.9 Å². The van der Waals surface area contributed by atoms with Crippen molar-refractivity contribution in [3.05, 3.63) is 53.8 Å². The van der Waals surface area contributed by atoms with Crippen LogP contribution in [0, 0.1) is 5.82 Å². The summed E-state index contributed by atoms with van der Waals surface area (Å²) in [5.41, 5.74) is 7.38. The van der Waals surface area contributed by atoms with E-state index in [0.29, 0.717) is 23.7 Å². The number of methoxy groups -OCH3 is 2. The van der Waals surface area contributed by atoms with Crippen molar-refractivity contribution in [1.82, 2.24) is 0 Å². The molecular formula is C16H19FN2O2. The Kier molecular flexibility index (Phi) is 5.00. The van der Waals surface area contributed by atoms with Gasteiger partial charge in [-0.05, 0) is 24.3 Å². The first-order chi connectivity index (χ1) is 10.2. The van der Waals surface area contributed by atoms with Gasteiger partial charge >= 0.3 is 0 Å². The molecule has 0 amide bonds. The summed E-state index contributed by atoms with van der Waals surface area (Å²) >= 11 is 0. The number of para-hydroxylation sites is 1. The number of ether oxygens (including phenoxy) is 2. The van der Waals surface area contributed by atoms with E-state index in [1.54, 1.807) is 26.4 Å². The Morgan fingerprint density at radius 3 is 2.52 bits per heavy atom. The first-order valence-electron chi connectivity index (χ1n) is 6.62. The zero-order chi connectivity index (χ0) is 15.2. The Bertz CT molecular complexity index is 605. The zero-order valence-electron chi connectivity index (χ0n) is 12.1. The van der Waals surface area contributed by atoms with Gasteiger partial charge < -0.3 is 20.5 Å². The summed E-state index contributed by atoms with van der Waals surface area (Å²) in [6, 6.07) is 11.6. The Morgan fingerprint density at radius 1 is 1.14 bits per heavy atom. The molecule has 112 valence electrons. The summed E-state index contributed by atoms with van der Waals surface area (Å²) in [6.45, 7) is 0.333. The third-order valence-corrected chi connectivity index (χ3v) is 3.21. The van der Waals surface area contributed by atoms with E-state index in [0.717, 1.165) is 5.56 Å². The lowest BCUT2D eigenvalue weighted by molar-refractivity contribution is 0.350. The van der Waals surface area contributed by atoms with E-state index < -0.39 is 0 Å². The third-order valence-electron chi connectivity index (χ3n) is 3.21. The fourth-order valence-electron chi connectivity index (χ4n) is 2.23. The monoisotopic (exact) mass is 290 g/mol. The SMILES string of the molecule is COc1cccc(C(CN)Nc2cccc(F)c2)c1OC. The number of hydrogen-bond acceptors (Lipinski definition) is 4. The molecule has 0 saturated carbocycles. The van der Waals surface area contributed by atoms with Gasteiger partial charge in [0.2, 0.25) is 0 Å². The Labute approximate surface area is 123 Å². The van der Waals surface area contributed by atoms with Crippen LogP contribution in [0.1, 0.15) is 11.6 Å². The second-order valence-electron chi connectivity index (χ2n) is 4.53. The highest BCUT2D eigenvalue weighted by Crippen LogP contribution is 2.35. The van der Waals surface area contributed by atoms with Gasteiger partial charge in [0.1, 0.15) is 5.82 Å². The molecule has 5 heteroatoms. The maximum absolute atomic E-state index is 13.3. The van der Waals surface area contributed by atoms with Crippen LogP contribution >= 0.6 is 0 Å². The second kappa shape index (κ2) is 6.95. The number of anilines is 1. The molecule has 0 radical (unpaired) electrons. The molecule has 0 aliphatic carbocycles. The van der Waals surface area contributed by atoms with Crippen molar-refractivity contribution >= 4 is 5.69 Å². The molecule has 2 rings (SSSR count). The van der Waals surface area contributed by atoms with Gasteiger partial charge in [0.05, 0.1) is 20.3 Å². The Balaban J connectivity index is 2.33. The molecule has 0 aliphatic rings. The van der Waals surface area contributed by atoms with Crippen molar-refractivity contribution in [1.29, 1.82) is 0 Å². The maximum atomic E-state index is 13.3. The molecule has 0 bridgehead atoms. The molecule has 4 nitrogen and oxygen atoms in total. The van der Waals surface area contributed by atoms with Crippen molar-refractivity contribution in [2.45, 2.75) is 6.04 Å². The molecule has 1 unspecified atom stereocenters. The fourth-order valence-corrected chi connectivity index (χ4v) is 2.23. The van der Waals surface area contributed by atoms with Gasteiger partial charge in [-0.2, -0.15) is 0 Å². The van der Waals surface area contributed by atoms with Crippen LogP contribution in [-0.4, -0.2) is 20.8 Å². The molecule has 0 spiro atoms. The molecular weight excluding hydrogens is 271 g/mol. The van der Waals surface area contributed by atoms with Crippen LogP contribution in [0.4, 0.5) is 10.1 Å². The second-order valence-corrected chi connectivity index (χ2v) is 4.53. The molecule has 0 aliphatic heterocycles. The summed E-state index contributed by atoms with van der Waals surface area (Å²) < 4.78 is 24.0. The first kappa shape index (κ1) is 15.1. The normalized spacial score (nSPS) is 11.8. The minimum atomic E-state index is -0.298. The Morgan fingerprint density at radius 2 is 1.90 bits per heavy atom. The standard InChI is InChI=1S/C16H19FN2O2/c1-20-15-8-4-7-13(16(15)21-2)14(10-18)19-12-6-3-5-11(17)9-12/h3-9,14,19H,10,18H2,1-2H3. The topological polar surface area (TPSA) is 56.5 Å². The fraction of sp³-hybridized carbons (Fsp3) is 0.250. The van der Waals surface area contributed by atoms with Crippen LogP contribution in [0.25, 0.3) is 0 Å². The van der Waals surface area contributed by atoms with Gasteiger partial charge in [0, 0.05) is 17.8 Å². The maximum Gasteiger partial charge on any atom is 0.166 e. The number of rotatable bonds is 6. The summed E-state index contributed by atoms with van der Waals surface area (Å²) in [5.74, 6) is 0.960. The largest absolute Gasteiger partial charge is 0.493 e. The highest BCUT2D eigenvalue weighted by Gasteiger charge is 2.18. The van der Waals surface area contributed by atoms with Gasteiger partial charge in [-0.3, -0.25) is 0 Å². The lowest BCUT2D eigenvalue weighted by Crippen LogP contribution is -2.21. The van der Waals surface area contributed by atoms with Crippen molar-refractivity contribution in [3.63, 3.8) is 0 Å². The van der Waals surface area contributed by atoms with Crippen molar-refractivity contribution in [3.8, 4) is 11.5 Å². The van der Waals surface area contributed by atoms with Gasteiger partial charge in [0.25, 0.3) is 0 Å². The van der Waals surface area contributed by atoms with Gasteiger partial charge in [-0.1, -0.05) is 18.2 Å². The smallest absolute Gasteiger partial charge is 0.166 e. The van der Waals surface area contributed by atoms with Gasteiger partial charge in [-0.15, -0.1) is 0 Å². The minimum absolute atomic E-state index is 0.211. The molecule has 0 saturated heterocycles. The average molecular weight is 290 g/mol. The Hall–Kier alpha value is -2.27. The molecule has 2 aromatic carbocycles. The van der Waals surface area contributed by atoms with Crippen molar-refractivity contribution in [2.24, 2.45) is 5.73 Å². The number of hydrogen-bond donors (Lipinski definition) is 2. The van der Waals surface area contributed by atoms with Crippen LogP contribution in [0.3, 0.4) is 0 Å². The first-order valence-corrected chi connectivity index (χ1v) is 6.62. The van der Waals surface area contributed by atoms with E-state index >= 15 is 0 Å². The summed E-state index contributed by atoms with van der Waals surface area (Å²) in [6.07, 6.45) is 0. The number of nitrogens with two attached hydrogens (primary N) is 1. The summed E-state index contributed by atoms with van der Waals surface area (Å²) in [4.78, 5) is 0. The molecule has 0 aromatic heterocycles. The average Bonchev–Trinajstić information content (AvgIpc) is 2.51. The predicted molar refractivity (Wildman–Crippen MR) is 81.4 cm³/mol. The quantitative estimate of drug-likeness (QED) is 0.859. The molecule has 3 N–H and O–H groups in total. The van der Waals surface area contributed by atoms with Crippen LogP contribution in [0.5, 0.6) is 11.5 Å². The molecule has 1 atom stereocenters. The van der Waals surface area contributed by atoms with E-state index in [2.05, 4.69) is 5.32 Å². The van der Waals surface area contributed by atoms with E-state index in [1.807, 2.05) is 18.2 Å². The van der Waals surface area contributed by atoms with E-state index in [1.165, 1.54) is 12.1 Å². The minimum Gasteiger partial charge on any atom is -0.493 e. The number of halogens is 1. The molecule has 0 fully saturated rings. The predicted octanol–water partition coefficient (Wildman–Crippen LogP) is 2.95. The van der Waals surface area contributed by atoms with Crippen LogP contribution in [0.15, 0.2) is 42.5 Å². The van der Waals surface area contributed by atoms with Crippen molar-refractivity contribution in [2.75, 3.05) is 26.1 Å². The van der Waals surface area contributed by atoms with Crippen LogP contribution in [-0.2, 0) is 0 Å². The number of nitrogens with one attached hydrogen (secondary N) is 1. The molecule has 21 heavy (non-hydrogen) atoms. The van der Waals surface area contributed by atoms with E-state index in [9.17, 15) is 4.39 Å². The van der Waals surface area contributed by atoms with Gasteiger partial charge in [-0.25, -0.2) is 4.39 Å². The highest BCUT2D eigenvalue weighted by molar-refractivity contribution is 5.52. The molecule has 2 aromatic rings. The zero-order valence-corrected chi connectivity index (χ0v) is 12.1. The van der Waals surface area contributed by atoms with Crippen LogP contribution in [0.2, 0.25) is 0 Å². The lowest BCUT2D eigenvalue weighted by Gasteiger charge is -2.22. The third kappa shape index (κ3) is 3.44. The van der Waals surface area contributed by atoms with Crippen LogP contribution < -0.4 is 20.5 Å². The van der Waals surface area contributed by atoms with E-state index in [-0.39, 0.29) is 11.9 Å². The summed E-state index contributed by atoms with van der Waals surface area (Å²) in [5, 5.41) is 3.21. The van der Waals surface area contributed by atoms with Gasteiger partial charge in [0.15, 0.2) is 11.5 Å².